The van der Waals surface area contributed by atoms with Crippen LogP contribution in [0.1, 0.15) is 17.9 Å². The van der Waals surface area contributed by atoms with Gasteiger partial charge in [0.15, 0.2) is 11.5 Å². The van der Waals surface area contributed by atoms with Crippen molar-refractivity contribution in [2.24, 2.45) is 0 Å². The van der Waals surface area contributed by atoms with E-state index in [1.54, 1.807) is 6.07 Å². The van der Waals surface area contributed by atoms with Crippen LogP contribution in [-0.4, -0.2) is 27.3 Å². The molecule has 0 amide bonds. The predicted molar refractivity (Wildman–Crippen MR) is 64.7 cm³/mol. The zero-order valence-electron chi connectivity index (χ0n) is 9.85. The van der Waals surface area contributed by atoms with Gasteiger partial charge in [0.05, 0.1) is 14.2 Å². The van der Waals surface area contributed by atoms with Crippen molar-refractivity contribution < 1.29 is 13.9 Å². The van der Waals surface area contributed by atoms with E-state index in [-0.39, 0.29) is 16.7 Å². The molecule has 0 saturated carbocycles. The fourth-order valence-electron chi connectivity index (χ4n) is 2.16. The molecule has 0 aliphatic carbocycles. The summed E-state index contributed by atoms with van der Waals surface area (Å²) in [5.74, 6) is 0.465. The van der Waals surface area contributed by atoms with E-state index in [1.165, 1.54) is 14.2 Å². The van der Waals surface area contributed by atoms with Crippen molar-refractivity contribution in [1.82, 2.24) is 5.32 Å². The molecule has 1 aromatic carbocycles. The van der Waals surface area contributed by atoms with Gasteiger partial charge in [-0.2, -0.15) is 0 Å². The van der Waals surface area contributed by atoms with E-state index < -0.39 is 5.82 Å². The van der Waals surface area contributed by atoms with Gasteiger partial charge in [0, 0.05) is 12.5 Å². The highest BCUT2D eigenvalue weighted by atomic mass is 35.5. The summed E-state index contributed by atoms with van der Waals surface area (Å²) in [4.78, 5) is 0. The van der Waals surface area contributed by atoms with Gasteiger partial charge in [0.2, 0.25) is 0 Å². The Balaban J connectivity index is 2.49. The maximum Gasteiger partial charge on any atom is 0.182 e. The molecule has 0 bridgehead atoms. The molecule has 0 radical (unpaired) electrons. The van der Waals surface area contributed by atoms with Gasteiger partial charge >= 0.3 is 0 Å². The first-order valence-corrected chi connectivity index (χ1v) is 5.87. The minimum atomic E-state index is -0.405. The third-order valence-corrected chi connectivity index (χ3v) is 3.42. The highest BCUT2D eigenvalue weighted by molar-refractivity contribution is 6.32. The summed E-state index contributed by atoms with van der Waals surface area (Å²) in [6.07, 6.45) is 0.905. The van der Waals surface area contributed by atoms with Crippen molar-refractivity contribution in [1.29, 1.82) is 0 Å². The van der Waals surface area contributed by atoms with Crippen LogP contribution >= 0.6 is 11.6 Å². The standard InChI is InChI=1S/C12H15ClFNO2/c1-16-9-5-8(7-3-4-15-6-7)11(14)10(13)12(9)17-2/h5,7,15H,3-4,6H2,1-2H3. The van der Waals surface area contributed by atoms with E-state index >= 15 is 0 Å². The van der Waals surface area contributed by atoms with Gasteiger partial charge in [0.25, 0.3) is 0 Å². The second kappa shape index (κ2) is 5.10. The number of methoxy groups -OCH3 is 2. The second-order valence-electron chi connectivity index (χ2n) is 4.02. The molecular formula is C12H15ClFNO2. The Hall–Kier alpha value is -1.00. The molecule has 1 aliphatic rings. The van der Waals surface area contributed by atoms with Crippen molar-refractivity contribution in [2.45, 2.75) is 12.3 Å². The minimum Gasteiger partial charge on any atom is -0.493 e. The Morgan fingerprint density at radius 2 is 2.18 bits per heavy atom. The van der Waals surface area contributed by atoms with E-state index in [0.29, 0.717) is 11.3 Å². The summed E-state index contributed by atoms with van der Waals surface area (Å²) < 4.78 is 24.4. The molecular weight excluding hydrogens is 245 g/mol. The molecule has 1 saturated heterocycles. The predicted octanol–water partition coefficient (Wildman–Crippen LogP) is 2.57. The van der Waals surface area contributed by atoms with Crippen LogP contribution in [0.25, 0.3) is 0 Å². The number of rotatable bonds is 3. The van der Waals surface area contributed by atoms with E-state index in [9.17, 15) is 4.39 Å². The van der Waals surface area contributed by atoms with Gasteiger partial charge in [-0.1, -0.05) is 11.6 Å². The van der Waals surface area contributed by atoms with E-state index in [0.717, 1.165) is 19.5 Å². The largest absolute Gasteiger partial charge is 0.493 e. The molecule has 3 nitrogen and oxygen atoms in total. The number of ether oxygens (including phenoxy) is 2. The monoisotopic (exact) mass is 259 g/mol. The van der Waals surface area contributed by atoms with Crippen LogP contribution < -0.4 is 14.8 Å². The molecule has 94 valence electrons. The zero-order chi connectivity index (χ0) is 12.4. The third-order valence-electron chi connectivity index (χ3n) is 3.08. The number of benzene rings is 1. The lowest BCUT2D eigenvalue weighted by molar-refractivity contribution is 0.351. The van der Waals surface area contributed by atoms with Crippen LogP contribution in [0.5, 0.6) is 11.5 Å². The Morgan fingerprint density at radius 3 is 2.71 bits per heavy atom. The fraction of sp³-hybridized carbons (Fsp3) is 0.500. The van der Waals surface area contributed by atoms with Crippen molar-refractivity contribution in [2.75, 3.05) is 27.3 Å². The number of halogens is 2. The number of nitrogens with one attached hydrogen (secondary N) is 1. The molecule has 0 aromatic heterocycles. The van der Waals surface area contributed by atoms with Crippen molar-refractivity contribution in [3.05, 3.63) is 22.5 Å². The highest BCUT2D eigenvalue weighted by Gasteiger charge is 2.25. The summed E-state index contributed by atoms with van der Waals surface area (Å²) in [6.45, 7) is 1.67. The average molecular weight is 260 g/mol. The summed E-state index contributed by atoms with van der Waals surface area (Å²) in [5.41, 5.74) is 0.595. The quantitative estimate of drug-likeness (QED) is 0.905. The lowest BCUT2D eigenvalue weighted by Crippen LogP contribution is -2.09. The SMILES string of the molecule is COc1cc(C2CCNC2)c(F)c(Cl)c1OC. The Morgan fingerprint density at radius 1 is 1.41 bits per heavy atom. The fourth-order valence-corrected chi connectivity index (χ4v) is 2.44. The molecule has 1 N–H and O–H groups in total. The van der Waals surface area contributed by atoms with Crippen LogP contribution in [0.4, 0.5) is 4.39 Å². The van der Waals surface area contributed by atoms with E-state index in [4.69, 9.17) is 21.1 Å². The van der Waals surface area contributed by atoms with Crippen LogP contribution in [-0.2, 0) is 0 Å². The summed E-state index contributed by atoms with van der Waals surface area (Å²) in [5, 5.41) is 3.20. The average Bonchev–Trinajstić information content (AvgIpc) is 2.85. The molecule has 1 aromatic rings. The Labute approximate surface area is 105 Å². The second-order valence-corrected chi connectivity index (χ2v) is 4.40. The zero-order valence-corrected chi connectivity index (χ0v) is 10.6. The van der Waals surface area contributed by atoms with Gasteiger partial charge in [-0.05, 0) is 24.6 Å². The van der Waals surface area contributed by atoms with Crippen LogP contribution in [0.2, 0.25) is 5.02 Å². The van der Waals surface area contributed by atoms with Crippen molar-refractivity contribution in [3.8, 4) is 11.5 Å². The first kappa shape index (κ1) is 12.5. The summed E-state index contributed by atoms with van der Waals surface area (Å²) in [6, 6.07) is 1.68. The number of hydrogen-bond acceptors (Lipinski definition) is 3. The molecule has 0 spiro atoms. The van der Waals surface area contributed by atoms with E-state index in [2.05, 4.69) is 5.32 Å². The van der Waals surface area contributed by atoms with Crippen LogP contribution in [0.3, 0.4) is 0 Å². The Bertz CT molecular complexity index is 419. The van der Waals surface area contributed by atoms with Crippen LogP contribution in [0.15, 0.2) is 6.07 Å². The van der Waals surface area contributed by atoms with Crippen molar-refractivity contribution in [3.63, 3.8) is 0 Å². The smallest absolute Gasteiger partial charge is 0.182 e. The molecule has 1 fully saturated rings. The topological polar surface area (TPSA) is 30.5 Å². The summed E-state index contributed by atoms with van der Waals surface area (Å²) >= 11 is 5.96. The third kappa shape index (κ3) is 2.19. The highest BCUT2D eigenvalue weighted by Crippen LogP contribution is 2.41. The van der Waals surface area contributed by atoms with Gasteiger partial charge in [0.1, 0.15) is 10.8 Å². The molecule has 2 rings (SSSR count). The van der Waals surface area contributed by atoms with E-state index in [1.807, 2.05) is 0 Å². The normalized spacial score (nSPS) is 19.4. The molecule has 1 unspecified atom stereocenters. The lowest BCUT2D eigenvalue weighted by atomic mass is 9.97. The summed E-state index contributed by atoms with van der Waals surface area (Å²) in [7, 11) is 2.96. The first-order chi connectivity index (χ1) is 8.19. The molecule has 1 atom stereocenters. The molecule has 17 heavy (non-hydrogen) atoms. The number of hydrogen-bond donors (Lipinski definition) is 1. The van der Waals surface area contributed by atoms with Gasteiger partial charge in [-0.15, -0.1) is 0 Å². The lowest BCUT2D eigenvalue weighted by Gasteiger charge is -2.16. The molecule has 1 heterocycles. The van der Waals surface area contributed by atoms with Crippen molar-refractivity contribution >= 4 is 11.6 Å². The maximum absolute atomic E-state index is 14.1. The van der Waals surface area contributed by atoms with Crippen LogP contribution in [0, 0.1) is 5.82 Å². The van der Waals surface area contributed by atoms with Gasteiger partial charge in [-0.25, -0.2) is 4.39 Å². The molecule has 1 aliphatic heterocycles. The van der Waals surface area contributed by atoms with Gasteiger partial charge < -0.3 is 14.8 Å². The Kier molecular flexibility index (Phi) is 3.74. The van der Waals surface area contributed by atoms with Gasteiger partial charge in [-0.3, -0.25) is 0 Å². The molecule has 5 heteroatoms. The first-order valence-electron chi connectivity index (χ1n) is 5.49. The minimum absolute atomic E-state index is 0.00579. The maximum atomic E-state index is 14.1.